The van der Waals surface area contributed by atoms with Crippen molar-refractivity contribution in [3.8, 4) is 11.4 Å². The van der Waals surface area contributed by atoms with Gasteiger partial charge in [-0.25, -0.2) is 8.78 Å². The van der Waals surface area contributed by atoms with Gasteiger partial charge in [0.15, 0.2) is 17.5 Å². The number of aromatic nitrogens is 3. The summed E-state index contributed by atoms with van der Waals surface area (Å²) in [5.41, 5.74) is 0.397. The zero-order valence-electron chi connectivity index (χ0n) is 11.5. The second-order valence-corrected chi connectivity index (χ2v) is 4.34. The first-order valence-corrected chi connectivity index (χ1v) is 6.14. The van der Waals surface area contributed by atoms with Crippen LogP contribution in [0.5, 0.6) is 0 Å². The highest BCUT2D eigenvalue weighted by molar-refractivity contribution is 5.58. The average Bonchev–Trinajstić information content (AvgIpc) is 2.42. The second-order valence-electron chi connectivity index (χ2n) is 4.34. The quantitative estimate of drug-likeness (QED) is 0.930. The lowest BCUT2D eigenvalue weighted by molar-refractivity contribution is 0.509. The molecule has 0 unspecified atom stereocenters. The molecular weight excluding hydrogens is 264 g/mol. The van der Waals surface area contributed by atoms with E-state index < -0.39 is 11.6 Å². The lowest BCUT2D eigenvalue weighted by Gasteiger charge is -2.13. The Labute approximate surface area is 115 Å². The topological polar surface area (TPSA) is 53.9 Å². The third kappa shape index (κ3) is 2.98. The van der Waals surface area contributed by atoms with E-state index in [1.165, 1.54) is 6.07 Å². The van der Waals surface area contributed by atoms with Crippen molar-refractivity contribution < 1.29 is 8.78 Å². The lowest BCUT2D eigenvalue weighted by atomic mass is 10.2. The van der Waals surface area contributed by atoms with Crippen LogP contribution in [0.1, 0.15) is 6.92 Å². The molecule has 2 rings (SSSR count). The van der Waals surface area contributed by atoms with Gasteiger partial charge in [-0.05, 0) is 25.1 Å². The zero-order valence-corrected chi connectivity index (χ0v) is 11.5. The Morgan fingerprint density at radius 3 is 2.45 bits per heavy atom. The molecule has 0 amide bonds. The molecule has 0 radical (unpaired) electrons. The highest BCUT2D eigenvalue weighted by atomic mass is 19.2. The molecule has 1 aromatic heterocycles. The average molecular weight is 279 g/mol. The van der Waals surface area contributed by atoms with Crippen molar-refractivity contribution in [2.24, 2.45) is 0 Å². The van der Waals surface area contributed by atoms with E-state index in [9.17, 15) is 8.78 Å². The maximum atomic E-state index is 13.3. The van der Waals surface area contributed by atoms with Gasteiger partial charge in [0.1, 0.15) is 0 Å². The fourth-order valence-corrected chi connectivity index (χ4v) is 1.57. The largest absolute Gasteiger partial charge is 0.354 e. The predicted octanol–water partition coefficient (Wildman–Crippen LogP) is 2.31. The van der Waals surface area contributed by atoms with Crippen LogP contribution in [0.15, 0.2) is 18.2 Å². The Morgan fingerprint density at radius 2 is 1.85 bits per heavy atom. The van der Waals surface area contributed by atoms with Crippen molar-refractivity contribution in [2.75, 3.05) is 30.9 Å². The van der Waals surface area contributed by atoms with Crippen LogP contribution in [0, 0.1) is 11.6 Å². The Bertz CT molecular complexity index is 616. The summed E-state index contributed by atoms with van der Waals surface area (Å²) in [5.74, 6) is -0.706. The minimum Gasteiger partial charge on any atom is -0.354 e. The molecule has 1 N–H and O–H groups in total. The molecule has 7 heteroatoms. The minimum atomic E-state index is -0.931. The first-order valence-electron chi connectivity index (χ1n) is 6.14. The van der Waals surface area contributed by atoms with Gasteiger partial charge in [-0.1, -0.05) is 0 Å². The monoisotopic (exact) mass is 279 g/mol. The molecule has 1 aromatic carbocycles. The summed E-state index contributed by atoms with van der Waals surface area (Å²) in [6, 6.07) is 3.56. The molecule has 20 heavy (non-hydrogen) atoms. The fraction of sp³-hybridized carbons (Fsp3) is 0.308. The first-order chi connectivity index (χ1) is 9.51. The number of hydrogen-bond donors (Lipinski definition) is 1. The molecule has 0 saturated carbocycles. The van der Waals surface area contributed by atoms with Gasteiger partial charge >= 0.3 is 0 Å². The molecule has 0 aliphatic carbocycles. The normalized spacial score (nSPS) is 10.4. The lowest BCUT2D eigenvalue weighted by Crippen LogP contribution is -2.15. The number of anilines is 2. The molecular formula is C13H15F2N5. The van der Waals surface area contributed by atoms with Gasteiger partial charge in [0.25, 0.3) is 0 Å². The van der Waals surface area contributed by atoms with E-state index in [1.807, 2.05) is 6.92 Å². The van der Waals surface area contributed by atoms with Crippen LogP contribution in [-0.2, 0) is 0 Å². The highest BCUT2D eigenvalue weighted by Crippen LogP contribution is 2.20. The van der Waals surface area contributed by atoms with E-state index in [1.54, 1.807) is 19.0 Å². The minimum absolute atomic E-state index is 0.290. The number of rotatable bonds is 4. The van der Waals surface area contributed by atoms with Crippen molar-refractivity contribution >= 4 is 11.9 Å². The summed E-state index contributed by atoms with van der Waals surface area (Å²) in [6.07, 6.45) is 0. The first kappa shape index (κ1) is 14.1. The number of benzene rings is 1. The fourth-order valence-electron chi connectivity index (χ4n) is 1.57. The van der Waals surface area contributed by atoms with Crippen molar-refractivity contribution in [3.63, 3.8) is 0 Å². The molecule has 106 valence electrons. The van der Waals surface area contributed by atoms with Crippen LogP contribution in [0.4, 0.5) is 20.7 Å². The standard InChI is InChI=1S/C13H15F2N5/c1-4-16-12-17-11(18-13(19-12)20(2)3)8-5-6-9(14)10(15)7-8/h5-7H,4H2,1-3H3,(H,16,17,18,19). The van der Waals surface area contributed by atoms with Gasteiger partial charge in [0.2, 0.25) is 11.9 Å². The number of nitrogens with one attached hydrogen (secondary N) is 1. The molecule has 0 aliphatic heterocycles. The van der Waals surface area contributed by atoms with Crippen LogP contribution in [0.3, 0.4) is 0 Å². The number of halogens is 2. The third-order valence-corrected chi connectivity index (χ3v) is 2.54. The van der Waals surface area contributed by atoms with Gasteiger partial charge in [0, 0.05) is 26.2 Å². The summed E-state index contributed by atoms with van der Waals surface area (Å²) < 4.78 is 26.3. The molecule has 0 atom stereocenters. The number of hydrogen-bond acceptors (Lipinski definition) is 5. The van der Waals surface area contributed by atoms with Crippen LogP contribution >= 0.6 is 0 Å². The van der Waals surface area contributed by atoms with Gasteiger partial charge in [-0.15, -0.1) is 0 Å². The second kappa shape index (κ2) is 5.77. The van der Waals surface area contributed by atoms with Crippen molar-refractivity contribution in [1.29, 1.82) is 0 Å². The van der Waals surface area contributed by atoms with Crippen molar-refractivity contribution in [3.05, 3.63) is 29.8 Å². The Hall–Kier alpha value is -2.31. The van der Waals surface area contributed by atoms with E-state index in [2.05, 4.69) is 20.3 Å². The Morgan fingerprint density at radius 1 is 1.10 bits per heavy atom. The van der Waals surface area contributed by atoms with Crippen molar-refractivity contribution in [2.45, 2.75) is 6.92 Å². The Balaban J connectivity index is 2.51. The van der Waals surface area contributed by atoms with Gasteiger partial charge in [-0.3, -0.25) is 0 Å². The summed E-state index contributed by atoms with van der Waals surface area (Å²) >= 11 is 0. The SMILES string of the molecule is CCNc1nc(-c2ccc(F)c(F)c2)nc(N(C)C)n1. The molecule has 0 saturated heterocycles. The molecule has 0 fully saturated rings. The zero-order chi connectivity index (χ0) is 14.7. The smallest absolute Gasteiger partial charge is 0.230 e. The maximum absolute atomic E-state index is 13.3. The van der Waals surface area contributed by atoms with E-state index in [-0.39, 0.29) is 0 Å². The molecule has 5 nitrogen and oxygen atoms in total. The van der Waals surface area contributed by atoms with E-state index in [0.29, 0.717) is 29.8 Å². The van der Waals surface area contributed by atoms with Crippen LogP contribution in [-0.4, -0.2) is 35.6 Å². The van der Waals surface area contributed by atoms with E-state index >= 15 is 0 Å². The maximum Gasteiger partial charge on any atom is 0.230 e. The van der Waals surface area contributed by atoms with Crippen LogP contribution < -0.4 is 10.2 Å². The van der Waals surface area contributed by atoms with Crippen molar-refractivity contribution in [1.82, 2.24) is 15.0 Å². The number of nitrogens with zero attached hydrogens (tertiary/aromatic N) is 4. The highest BCUT2D eigenvalue weighted by Gasteiger charge is 2.11. The van der Waals surface area contributed by atoms with Gasteiger partial charge < -0.3 is 10.2 Å². The van der Waals surface area contributed by atoms with Crippen LogP contribution in [0.2, 0.25) is 0 Å². The molecule has 0 aliphatic rings. The van der Waals surface area contributed by atoms with Gasteiger partial charge in [0.05, 0.1) is 0 Å². The third-order valence-electron chi connectivity index (χ3n) is 2.54. The van der Waals surface area contributed by atoms with Crippen LogP contribution in [0.25, 0.3) is 11.4 Å². The summed E-state index contributed by atoms with van der Waals surface area (Å²) in [5, 5.41) is 2.98. The molecule has 0 spiro atoms. The van der Waals surface area contributed by atoms with Gasteiger partial charge in [-0.2, -0.15) is 15.0 Å². The summed E-state index contributed by atoms with van der Waals surface area (Å²) in [4.78, 5) is 14.4. The Kier molecular flexibility index (Phi) is 4.07. The molecule has 1 heterocycles. The molecule has 0 bridgehead atoms. The summed E-state index contributed by atoms with van der Waals surface area (Å²) in [7, 11) is 3.58. The summed E-state index contributed by atoms with van der Waals surface area (Å²) in [6.45, 7) is 2.56. The predicted molar refractivity (Wildman–Crippen MR) is 73.7 cm³/mol. The van der Waals surface area contributed by atoms with E-state index in [4.69, 9.17) is 0 Å². The van der Waals surface area contributed by atoms with E-state index in [0.717, 1.165) is 12.1 Å². The molecule has 2 aromatic rings.